The van der Waals surface area contributed by atoms with Crippen molar-refractivity contribution < 1.29 is 14.6 Å². The number of hydrogen-bond acceptors (Lipinski definition) is 5. The van der Waals surface area contributed by atoms with Crippen molar-refractivity contribution in [1.29, 1.82) is 5.26 Å². The molecule has 2 aliphatic rings. The van der Waals surface area contributed by atoms with Crippen LogP contribution in [-0.2, 0) is 6.54 Å². The second-order valence-electron chi connectivity index (χ2n) is 8.12. The van der Waals surface area contributed by atoms with Crippen LogP contribution < -0.4 is 4.74 Å². The van der Waals surface area contributed by atoms with Crippen molar-refractivity contribution in [3.63, 3.8) is 0 Å². The van der Waals surface area contributed by atoms with Crippen molar-refractivity contribution in [2.75, 3.05) is 7.11 Å². The minimum absolute atomic E-state index is 0.113. The molecule has 0 radical (unpaired) electrons. The number of amides is 1. The van der Waals surface area contributed by atoms with Gasteiger partial charge in [0.2, 0.25) is 0 Å². The van der Waals surface area contributed by atoms with E-state index in [0.717, 1.165) is 18.4 Å². The summed E-state index contributed by atoms with van der Waals surface area (Å²) in [6.07, 6.45) is 3.75. The minimum Gasteiger partial charge on any atom is -0.497 e. The maximum atomic E-state index is 13.4. The van der Waals surface area contributed by atoms with Crippen LogP contribution in [0, 0.1) is 17.2 Å². The molecule has 1 aliphatic heterocycles. The quantitative estimate of drug-likeness (QED) is 0.865. The van der Waals surface area contributed by atoms with Crippen LogP contribution in [0.4, 0.5) is 0 Å². The molecule has 6 heteroatoms. The fraction of sp³-hybridized carbons (Fsp3) is 0.409. The Kier molecular flexibility index (Phi) is 4.35. The molecular weight excluding hydrogens is 354 g/mol. The summed E-state index contributed by atoms with van der Waals surface area (Å²) in [7, 11) is 1.54. The van der Waals surface area contributed by atoms with Crippen LogP contribution in [0.1, 0.15) is 48.2 Å². The monoisotopic (exact) mass is 377 g/mol. The lowest BCUT2D eigenvalue weighted by molar-refractivity contribution is -0.0224. The van der Waals surface area contributed by atoms with Gasteiger partial charge in [0.25, 0.3) is 5.91 Å². The molecule has 1 unspecified atom stereocenters. The Morgan fingerprint density at radius 2 is 2.11 bits per heavy atom. The first kappa shape index (κ1) is 18.5. The number of pyridine rings is 1. The molecule has 1 fully saturated rings. The van der Waals surface area contributed by atoms with E-state index in [2.05, 4.69) is 11.1 Å². The molecule has 4 rings (SSSR count). The third-order valence-electron chi connectivity index (χ3n) is 5.53. The van der Waals surface area contributed by atoms with E-state index in [4.69, 9.17) is 4.74 Å². The first-order valence-corrected chi connectivity index (χ1v) is 9.44. The van der Waals surface area contributed by atoms with Gasteiger partial charge in [-0.3, -0.25) is 9.78 Å². The van der Waals surface area contributed by atoms with Crippen LogP contribution in [0.2, 0.25) is 0 Å². The number of fused-ring (bicyclic) bond motifs is 1. The second kappa shape index (κ2) is 6.61. The van der Waals surface area contributed by atoms with Crippen LogP contribution >= 0.6 is 0 Å². The zero-order chi connectivity index (χ0) is 20.1. The van der Waals surface area contributed by atoms with Crippen LogP contribution in [0.5, 0.6) is 5.75 Å². The lowest BCUT2D eigenvalue weighted by Crippen LogP contribution is -2.51. The van der Waals surface area contributed by atoms with Gasteiger partial charge in [0, 0.05) is 18.3 Å². The third-order valence-corrected chi connectivity index (χ3v) is 5.53. The molecule has 1 amide bonds. The molecule has 1 aromatic heterocycles. The first-order chi connectivity index (χ1) is 13.3. The largest absolute Gasteiger partial charge is 0.497 e. The molecule has 2 aromatic rings. The minimum atomic E-state index is -0.976. The molecule has 1 aliphatic carbocycles. The summed E-state index contributed by atoms with van der Waals surface area (Å²) in [4.78, 5) is 19.7. The summed E-state index contributed by atoms with van der Waals surface area (Å²) in [6.45, 7) is 4.00. The van der Waals surface area contributed by atoms with Crippen LogP contribution in [0.25, 0.3) is 11.3 Å². The van der Waals surface area contributed by atoms with E-state index in [-0.39, 0.29) is 11.9 Å². The highest BCUT2D eigenvalue weighted by Gasteiger charge is 2.48. The van der Waals surface area contributed by atoms with Crippen LogP contribution in [0.3, 0.4) is 0 Å². The molecule has 0 spiro atoms. The summed E-state index contributed by atoms with van der Waals surface area (Å²) < 4.78 is 5.30. The van der Waals surface area contributed by atoms with Gasteiger partial charge in [0.05, 0.1) is 41.6 Å². The van der Waals surface area contributed by atoms with Gasteiger partial charge in [0.1, 0.15) is 5.75 Å². The van der Waals surface area contributed by atoms with E-state index >= 15 is 0 Å². The molecule has 1 atom stereocenters. The number of rotatable bonds is 5. The number of hydrogen-bond donors (Lipinski definition) is 1. The highest BCUT2D eigenvalue weighted by molar-refractivity contribution is 6.04. The normalized spacial score (nSPS) is 17.2. The number of nitriles is 1. The Hall–Kier alpha value is -2.91. The summed E-state index contributed by atoms with van der Waals surface area (Å²) in [5.74, 6) is 0.762. The SMILES string of the molecule is COc1cc(C#N)cc(-c2nccc3c2C(=O)N(C(C2CC2)C(C)(C)O)C3)c1. The number of nitrogens with zero attached hydrogens (tertiary/aromatic N) is 3. The van der Waals surface area contributed by atoms with Gasteiger partial charge in [-0.2, -0.15) is 5.26 Å². The summed E-state index contributed by atoms with van der Waals surface area (Å²) in [5.41, 5.74) is 2.14. The van der Waals surface area contributed by atoms with Gasteiger partial charge in [-0.1, -0.05) is 0 Å². The maximum absolute atomic E-state index is 13.4. The molecule has 1 aromatic carbocycles. The van der Waals surface area contributed by atoms with Gasteiger partial charge in [0.15, 0.2) is 0 Å². The molecule has 28 heavy (non-hydrogen) atoms. The lowest BCUT2D eigenvalue weighted by Gasteiger charge is -2.37. The smallest absolute Gasteiger partial charge is 0.257 e. The van der Waals surface area contributed by atoms with E-state index < -0.39 is 5.60 Å². The van der Waals surface area contributed by atoms with Crippen molar-refractivity contribution in [1.82, 2.24) is 9.88 Å². The van der Waals surface area contributed by atoms with Gasteiger partial charge >= 0.3 is 0 Å². The number of carbonyl (C=O) groups is 1. The first-order valence-electron chi connectivity index (χ1n) is 9.44. The fourth-order valence-electron chi connectivity index (χ4n) is 4.26. The Bertz CT molecular complexity index is 983. The Balaban J connectivity index is 1.79. The van der Waals surface area contributed by atoms with Crippen molar-refractivity contribution >= 4 is 5.91 Å². The predicted octanol–water partition coefficient (Wildman–Crippen LogP) is 3.13. The van der Waals surface area contributed by atoms with E-state index in [9.17, 15) is 15.2 Å². The van der Waals surface area contributed by atoms with Crippen molar-refractivity contribution in [2.45, 2.75) is 44.9 Å². The van der Waals surface area contributed by atoms with Crippen molar-refractivity contribution in [3.05, 3.63) is 47.2 Å². The number of methoxy groups -OCH3 is 1. The van der Waals surface area contributed by atoms with Crippen molar-refractivity contribution in [3.8, 4) is 23.1 Å². The Labute approximate surface area is 164 Å². The molecule has 0 saturated heterocycles. The molecular formula is C22H23N3O3. The molecule has 144 valence electrons. The summed E-state index contributed by atoms with van der Waals surface area (Å²) >= 11 is 0. The number of aliphatic hydroxyl groups is 1. The molecule has 0 bridgehead atoms. The van der Waals surface area contributed by atoms with Crippen LogP contribution in [0.15, 0.2) is 30.5 Å². The molecule has 2 heterocycles. The standard InChI is InChI=1S/C22H23N3O3/c1-22(2,27)20(14-4-5-14)25-12-15-6-7-24-19(18(15)21(25)26)16-8-13(11-23)9-17(10-16)28-3/h6-10,14,20,27H,4-5,12H2,1-3H3. The van der Waals surface area contributed by atoms with Crippen molar-refractivity contribution in [2.24, 2.45) is 5.92 Å². The van der Waals surface area contributed by atoms with Gasteiger partial charge < -0.3 is 14.7 Å². The number of aromatic nitrogens is 1. The second-order valence-corrected chi connectivity index (χ2v) is 8.12. The van der Waals surface area contributed by atoms with Gasteiger partial charge in [-0.25, -0.2) is 0 Å². The zero-order valence-corrected chi connectivity index (χ0v) is 16.3. The Morgan fingerprint density at radius 3 is 2.71 bits per heavy atom. The average molecular weight is 377 g/mol. The molecule has 6 nitrogen and oxygen atoms in total. The number of benzene rings is 1. The highest BCUT2D eigenvalue weighted by Crippen LogP contribution is 2.44. The zero-order valence-electron chi connectivity index (χ0n) is 16.3. The van der Waals surface area contributed by atoms with E-state index in [1.165, 1.54) is 0 Å². The summed E-state index contributed by atoms with van der Waals surface area (Å²) in [6, 6.07) is 8.91. The maximum Gasteiger partial charge on any atom is 0.257 e. The number of carbonyl (C=O) groups excluding carboxylic acids is 1. The van der Waals surface area contributed by atoms with E-state index in [0.29, 0.717) is 40.6 Å². The highest BCUT2D eigenvalue weighted by atomic mass is 16.5. The van der Waals surface area contributed by atoms with Gasteiger partial charge in [-0.05, 0) is 62.4 Å². The topological polar surface area (TPSA) is 86.5 Å². The third kappa shape index (κ3) is 3.12. The van der Waals surface area contributed by atoms with E-state index in [1.54, 1.807) is 50.3 Å². The Morgan fingerprint density at radius 1 is 1.36 bits per heavy atom. The lowest BCUT2D eigenvalue weighted by atomic mass is 9.93. The number of ether oxygens (including phenoxy) is 1. The molecule has 1 N–H and O–H groups in total. The summed E-state index contributed by atoms with van der Waals surface area (Å²) in [5, 5.41) is 20.0. The van der Waals surface area contributed by atoms with Crippen LogP contribution in [-0.4, -0.2) is 39.7 Å². The van der Waals surface area contributed by atoms with E-state index in [1.807, 2.05) is 6.07 Å². The van der Waals surface area contributed by atoms with Gasteiger partial charge in [-0.15, -0.1) is 0 Å². The average Bonchev–Trinajstić information content (AvgIpc) is 3.44. The fourth-order valence-corrected chi connectivity index (χ4v) is 4.26. The predicted molar refractivity (Wildman–Crippen MR) is 104 cm³/mol. The molecule has 1 saturated carbocycles.